The van der Waals surface area contributed by atoms with Crippen LogP contribution < -0.4 is 4.90 Å². The Morgan fingerprint density at radius 3 is 2.24 bits per heavy atom. The fourth-order valence-corrected chi connectivity index (χ4v) is 4.47. The highest BCUT2D eigenvalue weighted by molar-refractivity contribution is 7.87. The van der Waals surface area contributed by atoms with Gasteiger partial charge in [0.25, 0.3) is 10.1 Å². The van der Waals surface area contributed by atoms with Crippen molar-refractivity contribution in [2.75, 3.05) is 32.1 Å². The second-order valence-electron chi connectivity index (χ2n) is 7.23. The lowest BCUT2D eigenvalue weighted by atomic mass is 10.1. The molecular formula is C21H30N4O3S. The van der Waals surface area contributed by atoms with Crippen molar-refractivity contribution in [2.24, 2.45) is 5.11 Å². The molecule has 0 radical (unpaired) electrons. The molecule has 0 unspecified atom stereocenters. The molecule has 0 aromatic heterocycles. The molecule has 0 aliphatic carbocycles. The van der Waals surface area contributed by atoms with Crippen molar-refractivity contribution in [3.8, 4) is 0 Å². The molecule has 0 amide bonds. The lowest BCUT2D eigenvalue weighted by molar-refractivity contribution is 0.306. The van der Waals surface area contributed by atoms with Crippen LogP contribution in [0.25, 0.3) is 21.2 Å². The summed E-state index contributed by atoms with van der Waals surface area (Å²) in [6.45, 7) is 0.759. The van der Waals surface area contributed by atoms with E-state index < -0.39 is 10.1 Å². The van der Waals surface area contributed by atoms with E-state index in [4.69, 9.17) is 9.71 Å². The van der Waals surface area contributed by atoms with Gasteiger partial charge in [0.15, 0.2) is 0 Å². The van der Waals surface area contributed by atoms with E-state index in [2.05, 4.69) is 10.0 Å². The molecule has 2 aromatic rings. The Hall–Kier alpha value is -2.28. The average molecular weight is 419 g/mol. The Morgan fingerprint density at radius 2 is 1.55 bits per heavy atom. The molecule has 158 valence electrons. The highest BCUT2D eigenvalue weighted by atomic mass is 32.2. The van der Waals surface area contributed by atoms with Crippen LogP contribution in [-0.4, -0.2) is 35.7 Å². The molecule has 0 aliphatic rings. The van der Waals surface area contributed by atoms with Gasteiger partial charge in [-0.3, -0.25) is 4.18 Å². The largest absolute Gasteiger partial charge is 0.377 e. The Labute approximate surface area is 173 Å². The monoisotopic (exact) mass is 418 g/mol. The fourth-order valence-electron chi connectivity index (χ4n) is 3.32. The third-order valence-electron chi connectivity index (χ3n) is 4.81. The maximum atomic E-state index is 12.7. The van der Waals surface area contributed by atoms with Crippen molar-refractivity contribution >= 4 is 26.6 Å². The van der Waals surface area contributed by atoms with Crippen LogP contribution in [0.4, 0.5) is 5.69 Å². The van der Waals surface area contributed by atoms with E-state index in [1.165, 1.54) is 0 Å². The molecule has 0 N–H and O–H groups in total. The first kappa shape index (κ1) is 23.0. The first-order chi connectivity index (χ1) is 14.0. The summed E-state index contributed by atoms with van der Waals surface area (Å²) in [5.74, 6) is 0. The summed E-state index contributed by atoms with van der Waals surface area (Å²) >= 11 is 0. The molecule has 2 rings (SSSR count). The Kier molecular flexibility index (Phi) is 9.25. The Balaban J connectivity index is 1.83. The van der Waals surface area contributed by atoms with Crippen molar-refractivity contribution in [2.45, 2.75) is 49.8 Å². The van der Waals surface area contributed by atoms with Crippen LogP contribution in [0.15, 0.2) is 46.4 Å². The minimum atomic E-state index is -3.80. The molecule has 0 heterocycles. The van der Waals surface area contributed by atoms with Crippen LogP contribution in [0.2, 0.25) is 0 Å². The van der Waals surface area contributed by atoms with Crippen molar-refractivity contribution < 1.29 is 12.6 Å². The zero-order valence-electron chi connectivity index (χ0n) is 17.2. The standard InChI is InChI=1S/C21H30N4O3S/c1-25(2)20-14-10-13-19-18(20)12-11-15-21(19)29(26,27)28-17-9-7-5-3-4-6-8-16-23-24-22/h10-15H,3-9,16-17H2,1-2H3. The van der Waals surface area contributed by atoms with Crippen LogP contribution in [0.1, 0.15) is 44.9 Å². The SMILES string of the molecule is CN(C)c1cccc2c(S(=O)(=O)OCCCCCCCCCN=[N+]=[N-])cccc12. The number of anilines is 1. The smallest absolute Gasteiger partial charge is 0.297 e. The summed E-state index contributed by atoms with van der Waals surface area (Å²) in [5, 5.41) is 5.09. The molecule has 0 fully saturated rings. The van der Waals surface area contributed by atoms with Gasteiger partial charge in [-0.15, -0.1) is 0 Å². The molecule has 0 bridgehead atoms. The van der Waals surface area contributed by atoms with Crippen LogP contribution >= 0.6 is 0 Å². The number of rotatable bonds is 13. The van der Waals surface area contributed by atoms with Crippen LogP contribution in [-0.2, 0) is 14.3 Å². The van der Waals surface area contributed by atoms with E-state index in [-0.39, 0.29) is 11.5 Å². The number of nitrogens with zero attached hydrogens (tertiary/aromatic N) is 4. The summed E-state index contributed by atoms with van der Waals surface area (Å²) in [6.07, 6.45) is 6.87. The summed E-state index contributed by atoms with van der Waals surface area (Å²) < 4.78 is 30.7. The van der Waals surface area contributed by atoms with Gasteiger partial charge in [0.2, 0.25) is 0 Å². The van der Waals surface area contributed by atoms with Crippen LogP contribution in [0.3, 0.4) is 0 Å². The summed E-state index contributed by atoms with van der Waals surface area (Å²) in [4.78, 5) is 4.92. The average Bonchev–Trinajstić information content (AvgIpc) is 2.71. The normalized spacial score (nSPS) is 11.4. The number of hydrogen-bond acceptors (Lipinski definition) is 5. The van der Waals surface area contributed by atoms with Crippen molar-refractivity contribution in [3.05, 3.63) is 46.8 Å². The number of hydrogen-bond donors (Lipinski definition) is 0. The van der Waals surface area contributed by atoms with Crippen molar-refractivity contribution in [1.29, 1.82) is 0 Å². The lowest BCUT2D eigenvalue weighted by Gasteiger charge is -2.16. The minimum absolute atomic E-state index is 0.197. The van der Waals surface area contributed by atoms with E-state index in [1.54, 1.807) is 12.1 Å². The van der Waals surface area contributed by atoms with Gasteiger partial charge < -0.3 is 4.90 Å². The lowest BCUT2D eigenvalue weighted by Crippen LogP contribution is -2.11. The number of benzene rings is 2. The summed E-state index contributed by atoms with van der Waals surface area (Å²) in [5.41, 5.74) is 9.18. The van der Waals surface area contributed by atoms with Gasteiger partial charge in [-0.2, -0.15) is 8.42 Å². The van der Waals surface area contributed by atoms with Crippen molar-refractivity contribution in [1.82, 2.24) is 0 Å². The molecule has 0 saturated heterocycles. The third kappa shape index (κ3) is 6.92. The van der Waals surface area contributed by atoms with Gasteiger partial charge in [0.1, 0.15) is 4.90 Å². The number of fused-ring (bicyclic) bond motifs is 1. The Morgan fingerprint density at radius 1 is 0.931 bits per heavy atom. The summed E-state index contributed by atoms with van der Waals surface area (Å²) in [7, 11) is 0.0766. The molecule has 0 spiro atoms. The molecule has 0 aliphatic heterocycles. The number of azide groups is 1. The molecule has 2 aromatic carbocycles. The van der Waals surface area contributed by atoms with Crippen LogP contribution in [0, 0.1) is 0 Å². The van der Waals surface area contributed by atoms with Gasteiger partial charge in [0, 0.05) is 42.0 Å². The van der Waals surface area contributed by atoms with Gasteiger partial charge in [-0.05, 0) is 30.5 Å². The maximum absolute atomic E-state index is 12.7. The van der Waals surface area contributed by atoms with E-state index in [0.29, 0.717) is 18.4 Å². The second-order valence-corrected chi connectivity index (χ2v) is 8.81. The number of unbranched alkanes of at least 4 members (excludes halogenated alkanes) is 6. The summed E-state index contributed by atoms with van der Waals surface area (Å²) in [6, 6.07) is 10.9. The highest BCUT2D eigenvalue weighted by Crippen LogP contribution is 2.31. The van der Waals surface area contributed by atoms with Gasteiger partial charge in [0.05, 0.1) is 6.61 Å². The zero-order chi connectivity index (χ0) is 21.1. The van der Waals surface area contributed by atoms with Crippen LogP contribution in [0.5, 0.6) is 0 Å². The minimum Gasteiger partial charge on any atom is -0.377 e. The fraction of sp³-hybridized carbons (Fsp3) is 0.524. The van der Waals surface area contributed by atoms with Gasteiger partial charge >= 0.3 is 0 Å². The topological polar surface area (TPSA) is 95.4 Å². The Bertz CT molecular complexity index is 938. The molecule has 7 nitrogen and oxygen atoms in total. The second kappa shape index (κ2) is 11.7. The molecule has 0 atom stereocenters. The third-order valence-corrected chi connectivity index (χ3v) is 6.19. The van der Waals surface area contributed by atoms with E-state index in [1.807, 2.05) is 43.3 Å². The molecule has 29 heavy (non-hydrogen) atoms. The predicted molar refractivity (Wildman–Crippen MR) is 118 cm³/mol. The molecule has 0 saturated carbocycles. The van der Waals surface area contributed by atoms with E-state index in [9.17, 15) is 8.42 Å². The first-order valence-electron chi connectivity index (χ1n) is 10.1. The molecule has 8 heteroatoms. The molecular weight excluding hydrogens is 388 g/mol. The van der Waals surface area contributed by atoms with E-state index in [0.717, 1.165) is 49.6 Å². The highest BCUT2D eigenvalue weighted by Gasteiger charge is 2.19. The maximum Gasteiger partial charge on any atom is 0.297 e. The first-order valence-corrected chi connectivity index (χ1v) is 11.5. The predicted octanol–water partition coefficient (Wildman–Crippen LogP) is 5.65. The quantitative estimate of drug-likeness (QED) is 0.138. The van der Waals surface area contributed by atoms with Crippen molar-refractivity contribution in [3.63, 3.8) is 0 Å². The van der Waals surface area contributed by atoms with Gasteiger partial charge in [-0.25, -0.2) is 0 Å². The zero-order valence-corrected chi connectivity index (χ0v) is 18.1. The van der Waals surface area contributed by atoms with E-state index >= 15 is 0 Å². The van der Waals surface area contributed by atoms with Gasteiger partial charge in [-0.1, -0.05) is 61.5 Å².